The van der Waals surface area contributed by atoms with E-state index in [4.69, 9.17) is 9.47 Å². The van der Waals surface area contributed by atoms with E-state index in [0.717, 1.165) is 12.8 Å². The van der Waals surface area contributed by atoms with E-state index in [9.17, 15) is 18.0 Å². The van der Waals surface area contributed by atoms with Gasteiger partial charge >= 0.3 is 6.18 Å². The van der Waals surface area contributed by atoms with Crippen LogP contribution in [0.4, 0.5) is 13.2 Å². The zero-order chi connectivity index (χ0) is 25.3. The number of alkyl halides is 3. The van der Waals surface area contributed by atoms with Gasteiger partial charge in [-0.2, -0.15) is 18.3 Å². The van der Waals surface area contributed by atoms with Gasteiger partial charge in [-0.1, -0.05) is 37.3 Å². The van der Waals surface area contributed by atoms with Crippen molar-refractivity contribution < 1.29 is 27.4 Å². The number of ether oxygens (including phenoxy) is 2. The van der Waals surface area contributed by atoms with Crippen molar-refractivity contribution in [1.29, 1.82) is 0 Å². The predicted octanol–water partition coefficient (Wildman–Crippen LogP) is 4.53. The number of halogens is 3. The van der Waals surface area contributed by atoms with Crippen molar-refractivity contribution in [1.82, 2.24) is 24.6 Å². The van der Waals surface area contributed by atoms with Crippen molar-refractivity contribution >= 4 is 12.0 Å². The fourth-order valence-electron chi connectivity index (χ4n) is 4.83. The fourth-order valence-corrected chi connectivity index (χ4v) is 4.83. The minimum absolute atomic E-state index is 0.00285. The Kier molecular flexibility index (Phi) is 6.31. The van der Waals surface area contributed by atoms with Crippen molar-refractivity contribution in [2.24, 2.45) is 0 Å². The number of likely N-dealkylation sites (tertiary alicyclic amines) is 1. The van der Waals surface area contributed by atoms with Crippen LogP contribution in [0.1, 0.15) is 60.0 Å². The Balaban J connectivity index is 1.52. The largest absolute Gasteiger partial charge is 0.477 e. The van der Waals surface area contributed by atoms with Crippen LogP contribution < -0.4 is 9.47 Å². The fraction of sp³-hybridized carbons (Fsp3) is 0.440. The molecule has 1 amide bonds. The summed E-state index contributed by atoms with van der Waals surface area (Å²) >= 11 is 0. The van der Waals surface area contributed by atoms with Crippen LogP contribution in [-0.4, -0.2) is 50.3 Å². The van der Waals surface area contributed by atoms with Crippen LogP contribution in [-0.2, 0) is 18.3 Å². The maximum atomic E-state index is 13.9. The van der Waals surface area contributed by atoms with E-state index in [-0.39, 0.29) is 23.9 Å². The Bertz CT molecular complexity index is 1250. The molecular formula is C25H26F3N5O3. The molecule has 0 aliphatic carbocycles. The van der Waals surface area contributed by atoms with Crippen LogP contribution in [0.5, 0.6) is 11.8 Å². The number of allylic oxidation sites excluding steroid dienone is 5. The van der Waals surface area contributed by atoms with Gasteiger partial charge in [0.05, 0.1) is 18.4 Å². The summed E-state index contributed by atoms with van der Waals surface area (Å²) in [4.78, 5) is 23.2. The smallest absolute Gasteiger partial charge is 0.434 e. The van der Waals surface area contributed by atoms with Crippen molar-refractivity contribution in [2.75, 3.05) is 19.8 Å². The molecule has 1 spiro atoms. The lowest BCUT2D eigenvalue weighted by Crippen LogP contribution is -2.47. The molecule has 1 saturated heterocycles. The van der Waals surface area contributed by atoms with E-state index >= 15 is 0 Å². The minimum Gasteiger partial charge on any atom is -0.477 e. The van der Waals surface area contributed by atoms with Gasteiger partial charge in [0.2, 0.25) is 11.8 Å². The maximum Gasteiger partial charge on any atom is 0.434 e. The molecule has 0 bridgehead atoms. The van der Waals surface area contributed by atoms with Crippen LogP contribution in [0.25, 0.3) is 6.08 Å². The molecule has 8 nitrogen and oxygen atoms in total. The van der Waals surface area contributed by atoms with E-state index in [0.29, 0.717) is 50.2 Å². The van der Waals surface area contributed by atoms with Crippen molar-refractivity contribution in [3.8, 4) is 11.8 Å². The third kappa shape index (κ3) is 4.16. The first-order valence-electron chi connectivity index (χ1n) is 12.0. The molecule has 190 valence electrons. The zero-order valence-corrected chi connectivity index (χ0v) is 19.8. The molecule has 0 N–H and O–H groups in total. The molecule has 2 aromatic heterocycles. The summed E-state index contributed by atoms with van der Waals surface area (Å²) in [6, 6.07) is 0. The van der Waals surface area contributed by atoms with Gasteiger partial charge in [0.25, 0.3) is 5.91 Å². The first kappa shape index (κ1) is 24.1. The van der Waals surface area contributed by atoms with E-state index in [1.54, 1.807) is 21.7 Å². The molecule has 5 rings (SSSR count). The summed E-state index contributed by atoms with van der Waals surface area (Å²) in [5, 5.41) is 4.55. The van der Waals surface area contributed by atoms with Crippen LogP contribution in [0.3, 0.4) is 0 Å². The van der Waals surface area contributed by atoms with E-state index in [1.807, 2.05) is 31.2 Å². The molecule has 11 heteroatoms. The third-order valence-corrected chi connectivity index (χ3v) is 6.52. The van der Waals surface area contributed by atoms with Crippen molar-refractivity contribution in [3.63, 3.8) is 0 Å². The average molecular weight is 502 g/mol. The molecule has 5 heterocycles. The van der Waals surface area contributed by atoms with Gasteiger partial charge in [-0.15, -0.1) is 0 Å². The van der Waals surface area contributed by atoms with E-state index < -0.39 is 23.3 Å². The van der Waals surface area contributed by atoms with Gasteiger partial charge in [-0.3, -0.25) is 4.79 Å². The average Bonchev–Trinajstić information content (AvgIpc) is 3.56. The molecule has 3 aliphatic rings. The van der Waals surface area contributed by atoms with Crippen molar-refractivity contribution in [2.45, 2.75) is 50.9 Å². The van der Waals surface area contributed by atoms with Gasteiger partial charge in [-0.05, 0) is 25.3 Å². The number of rotatable bonds is 5. The summed E-state index contributed by atoms with van der Waals surface area (Å²) in [5.74, 6) is 0.137. The molecule has 36 heavy (non-hydrogen) atoms. The highest BCUT2D eigenvalue weighted by atomic mass is 19.4. The number of hydrogen-bond acceptors (Lipinski definition) is 6. The lowest BCUT2D eigenvalue weighted by atomic mass is 9.93. The number of aromatic nitrogens is 4. The Morgan fingerprint density at radius 1 is 1.17 bits per heavy atom. The van der Waals surface area contributed by atoms with Crippen LogP contribution >= 0.6 is 0 Å². The number of amides is 1. The molecule has 1 atom stereocenters. The van der Waals surface area contributed by atoms with E-state index in [2.05, 4.69) is 15.1 Å². The first-order valence-corrected chi connectivity index (χ1v) is 12.0. The van der Waals surface area contributed by atoms with Gasteiger partial charge in [0.1, 0.15) is 17.8 Å². The molecule has 0 saturated carbocycles. The third-order valence-electron chi connectivity index (χ3n) is 6.52. The molecule has 1 fully saturated rings. The predicted molar refractivity (Wildman–Crippen MR) is 124 cm³/mol. The quantitative estimate of drug-likeness (QED) is 0.560. The second kappa shape index (κ2) is 9.44. The molecule has 0 radical (unpaired) electrons. The Labute approximate surface area is 206 Å². The zero-order valence-electron chi connectivity index (χ0n) is 19.8. The molecular weight excluding hydrogens is 475 g/mol. The minimum atomic E-state index is -4.66. The maximum absolute atomic E-state index is 13.9. The van der Waals surface area contributed by atoms with Gasteiger partial charge < -0.3 is 14.4 Å². The standard InChI is InChI=1S/C25H26F3N5O3/c1-2-3-4-5-6-7-10-17-19(31-33-13-9-14-35-23(17)33)22(34)32-12-8-11-24(32)16-36-21-20(24)30-18(15-29-21)25(26,27)28/h3-7,10,15H,2,8-9,11-14,16H2,1H3/b4-3-,6-5-,10-7+/t24-/m0/s1. The Morgan fingerprint density at radius 3 is 2.81 bits per heavy atom. The molecule has 2 aromatic rings. The number of nitrogens with zero attached hydrogens (tertiary/aromatic N) is 5. The van der Waals surface area contributed by atoms with Gasteiger partial charge in [0, 0.05) is 19.5 Å². The number of hydrogen-bond donors (Lipinski definition) is 0. The second-order valence-corrected chi connectivity index (χ2v) is 8.86. The van der Waals surface area contributed by atoms with Gasteiger partial charge in [0.15, 0.2) is 11.4 Å². The molecule has 0 aromatic carbocycles. The summed E-state index contributed by atoms with van der Waals surface area (Å²) in [7, 11) is 0. The normalized spacial score (nSPS) is 21.5. The lowest BCUT2D eigenvalue weighted by molar-refractivity contribution is -0.141. The second-order valence-electron chi connectivity index (χ2n) is 8.86. The topological polar surface area (TPSA) is 82.4 Å². The number of carbonyl (C=O) groups excluding carboxylic acids is 1. The van der Waals surface area contributed by atoms with Gasteiger partial charge in [-0.25, -0.2) is 14.6 Å². The Morgan fingerprint density at radius 2 is 2.00 bits per heavy atom. The van der Waals surface area contributed by atoms with Crippen LogP contribution in [0.15, 0.2) is 36.6 Å². The number of fused-ring (bicyclic) bond motifs is 3. The monoisotopic (exact) mass is 501 g/mol. The SMILES string of the molecule is CC\C=C/C=C\C=C\c1c(C(=O)N2CCC[C@@]23COc2ncc(C(F)(F)F)nc23)nn2c1OCCC2. The van der Waals surface area contributed by atoms with Crippen molar-refractivity contribution in [3.05, 3.63) is 59.2 Å². The summed E-state index contributed by atoms with van der Waals surface area (Å²) in [5.41, 5.74) is -1.46. The summed E-state index contributed by atoms with van der Waals surface area (Å²) in [6.45, 7) is 3.50. The number of carbonyl (C=O) groups is 1. The summed E-state index contributed by atoms with van der Waals surface area (Å²) < 4.78 is 53.3. The number of aryl methyl sites for hydroxylation is 1. The van der Waals surface area contributed by atoms with E-state index in [1.165, 1.54) is 0 Å². The highest BCUT2D eigenvalue weighted by molar-refractivity contribution is 5.97. The Hall–Kier alpha value is -3.63. The molecule has 3 aliphatic heterocycles. The van der Waals surface area contributed by atoms with Crippen LogP contribution in [0.2, 0.25) is 0 Å². The highest BCUT2D eigenvalue weighted by Gasteiger charge is 2.54. The molecule has 0 unspecified atom stereocenters. The first-order chi connectivity index (χ1) is 17.3. The highest BCUT2D eigenvalue weighted by Crippen LogP contribution is 2.47. The summed E-state index contributed by atoms with van der Waals surface area (Å²) in [6.07, 6.45) is 9.97. The van der Waals surface area contributed by atoms with Crippen LogP contribution in [0, 0.1) is 0 Å². The lowest BCUT2D eigenvalue weighted by Gasteiger charge is -2.32.